The van der Waals surface area contributed by atoms with Crippen LogP contribution in [0.4, 0.5) is 0 Å². The molecule has 0 radical (unpaired) electrons. The minimum atomic E-state index is -0.923. The lowest BCUT2D eigenvalue weighted by atomic mass is 9.98. The third-order valence-corrected chi connectivity index (χ3v) is 3.17. The fourth-order valence-corrected chi connectivity index (χ4v) is 1.93. The molecule has 0 aliphatic carbocycles. The lowest BCUT2D eigenvalue weighted by Crippen LogP contribution is -2.28. The molecule has 2 aromatic carbocycles. The van der Waals surface area contributed by atoms with Crippen LogP contribution in [-0.2, 0) is 4.79 Å². The molecule has 2 aromatic rings. The van der Waals surface area contributed by atoms with E-state index in [-0.39, 0.29) is 5.78 Å². The first-order valence-corrected chi connectivity index (χ1v) is 6.32. The molecule has 0 saturated carbocycles. The molecule has 0 fully saturated rings. The number of primary amides is 1. The number of nitrogens with two attached hydrogens (primary N) is 2. The maximum atomic E-state index is 12.3. The van der Waals surface area contributed by atoms with Crippen LogP contribution in [0.15, 0.2) is 48.5 Å². The van der Waals surface area contributed by atoms with E-state index in [1.807, 2.05) is 0 Å². The first-order chi connectivity index (χ1) is 9.49. The zero-order valence-electron chi connectivity index (χ0n) is 10.5. The zero-order chi connectivity index (χ0) is 14.7. The van der Waals surface area contributed by atoms with Crippen molar-refractivity contribution in [1.82, 2.24) is 0 Å². The Bertz CT molecular complexity index is 653. The van der Waals surface area contributed by atoms with Crippen LogP contribution in [0.2, 0.25) is 5.02 Å². The summed E-state index contributed by atoms with van der Waals surface area (Å²) in [7, 11) is 0. The second-order valence-electron chi connectivity index (χ2n) is 4.34. The maximum Gasteiger partial charge on any atom is 0.238 e. The molecular formula is C15H13ClN2O2. The van der Waals surface area contributed by atoms with Crippen molar-refractivity contribution in [3.63, 3.8) is 0 Å². The number of amides is 1. The van der Waals surface area contributed by atoms with E-state index in [9.17, 15) is 9.59 Å². The third kappa shape index (κ3) is 3.04. The lowest BCUT2D eigenvalue weighted by Gasteiger charge is -2.09. The second-order valence-corrected chi connectivity index (χ2v) is 4.78. The Kier molecular flexibility index (Phi) is 4.17. The van der Waals surface area contributed by atoms with E-state index in [1.165, 1.54) is 0 Å². The molecule has 4 nitrogen and oxygen atoms in total. The van der Waals surface area contributed by atoms with E-state index in [0.29, 0.717) is 21.7 Å². The maximum absolute atomic E-state index is 12.3. The third-order valence-electron chi connectivity index (χ3n) is 2.92. The standard InChI is InChI=1S/C15H13ClN2O2/c16-12-6-4-9(5-7-12)14(19)11-3-1-2-10(8-11)13(17)15(18)20/h1-8,13H,17H2,(H2,18,20). The minimum absolute atomic E-state index is 0.166. The summed E-state index contributed by atoms with van der Waals surface area (Å²) in [6.07, 6.45) is 0. The summed E-state index contributed by atoms with van der Waals surface area (Å²) >= 11 is 5.78. The number of carbonyl (C=O) groups excluding carboxylic acids is 2. The number of carbonyl (C=O) groups is 2. The summed E-state index contributed by atoms with van der Waals surface area (Å²) in [5, 5.41) is 0.561. The van der Waals surface area contributed by atoms with Crippen LogP contribution in [0.1, 0.15) is 27.5 Å². The molecule has 1 amide bonds. The summed E-state index contributed by atoms with van der Waals surface area (Å²) in [5.74, 6) is -0.804. The van der Waals surface area contributed by atoms with Gasteiger partial charge in [-0.15, -0.1) is 0 Å². The van der Waals surface area contributed by atoms with E-state index in [0.717, 1.165) is 0 Å². The SMILES string of the molecule is NC(=O)C(N)c1cccc(C(=O)c2ccc(Cl)cc2)c1. The molecule has 20 heavy (non-hydrogen) atoms. The number of hydrogen-bond donors (Lipinski definition) is 2. The Morgan fingerprint density at radius 1 is 1.00 bits per heavy atom. The number of benzene rings is 2. The van der Waals surface area contributed by atoms with Crippen molar-refractivity contribution >= 4 is 23.3 Å². The Morgan fingerprint density at radius 3 is 2.25 bits per heavy atom. The van der Waals surface area contributed by atoms with Crippen molar-refractivity contribution < 1.29 is 9.59 Å². The smallest absolute Gasteiger partial charge is 0.238 e. The average molecular weight is 289 g/mol. The summed E-state index contributed by atoms with van der Waals surface area (Å²) in [6.45, 7) is 0. The van der Waals surface area contributed by atoms with Crippen molar-refractivity contribution in [2.75, 3.05) is 0 Å². The predicted octanol–water partition coefficient (Wildman–Crippen LogP) is 2.06. The van der Waals surface area contributed by atoms with Crippen LogP contribution in [0.25, 0.3) is 0 Å². The highest BCUT2D eigenvalue weighted by Crippen LogP contribution is 2.17. The van der Waals surface area contributed by atoms with Crippen molar-refractivity contribution in [2.24, 2.45) is 11.5 Å². The van der Waals surface area contributed by atoms with E-state index in [2.05, 4.69) is 0 Å². The van der Waals surface area contributed by atoms with Gasteiger partial charge in [-0.1, -0.05) is 29.8 Å². The molecule has 0 heterocycles. The Balaban J connectivity index is 2.33. The van der Waals surface area contributed by atoms with Crippen molar-refractivity contribution in [1.29, 1.82) is 0 Å². The zero-order valence-corrected chi connectivity index (χ0v) is 11.3. The molecule has 0 aliphatic rings. The van der Waals surface area contributed by atoms with Crippen LogP contribution in [0.5, 0.6) is 0 Å². The van der Waals surface area contributed by atoms with E-state index < -0.39 is 11.9 Å². The molecule has 0 bridgehead atoms. The molecule has 4 N–H and O–H groups in total. The van der Waals surface area contributed by atoms with Gasteiger partial charge < -0.3 is 11.5 Å². The van der Waals surface area contributed by atoms with Gasteiger partial charge in [-0.05, 0) is 35.9 Å². The fraction of sp³-hybridized carbons (Fsp3) is 0.0667. The van der Waals surface area contributed by atoms with Gasteiger partial charge in [0.1, 0.15) is 6.04 Å². The summed E-state index contributed by atoms with van der Waals surface area (Å²) in [5.41, 5.74) is 12.3. The minimum Gasteiger partial charge on any atom is -0.368 e. The van der Waals surface area contributed by atoms with Crippen LogP contribution in [-0.4, -0.2) is 11.7 Å². The molecular weight excluding hydrogens is 276 g/mol. The van der Waals surface area contributed by atoms with Gasteiger partial charge in [-0.25, -0.2) is 0 Å². The topological polar surface area (TPSA) is 86.2 Å². The van der Waals surface area contributed by atoms with Crippen molar-refractivity contribution in [3.05, 3.63) is 70.2 Å². The number of hydrogen-bond acceptors (Lipinski definition) is 3. The largest absolute Gasteiger partial charge is 0.368 e. The van der Waals surface area contributed by atoms with Crippen molar-refractivity contribution in [2.45, 2.75) is 6.04 Å². The summed E-state index contributed by atoms with van der Waals surface area (Å²) < 4.78 is 0. The van der Waals surface area contributed by atoms with E-state index in [1.54, 1.807) is 48.5 Å². The normalized spacial score (nSPS) is 11.9. The molecule has 0 aromatic heterocycles. The Morgan fingerprint density at radius 2 is 1.65 bits per heavy atom. The van der Waals surface area contributed by atoms with Crippen molar-refractivity contribution in [3.8, 4) is 0 Å². The van der Waals surface area contributed by atoms with Gasteiger partial charge in [-0.2, -0.15) is 0 Å². The van der Waals surface area contributed by atoms with E-state index >= 15 is 0 Å². The van der Waals surface area contributed by atoms with Gasteiger partial charge in [0.2, 0.25) is 5.91 Å². The molecule has 0 aliphatic heterocycles. The van der Waals surface area contributed by atoms with Crippen LogP contribution < -0.4 is 11.5 Å². The van der Waals surface area contributed by atoms with Crippen LogP contribution >= 0.6 is 11.6 Å². The van der Waals surface area contributed by atoms with Gasteiger partial charge in [0.25, 0.3) is 0 Å². The van der Waals surface area contributed by atoms with E-state index in [4.69, 9.17) is 23.1 Å². The predicted molar refractivity (Wildman–Crippen MR) is 77.4 cm³/mol. The number of rotatable bonds is 4. The summed E-state index contributed by atoms with van der Waals surface area (Å²) in [4.78, 5) is 23.4. The molecule has 102 valence electrons. The monoisotopic (exact) mass is 288 g/mol. The average Bonchev–Trinajstić information content (AvgIpc) is 2.46. The fourth-order valence-electron chi connectivity index (χ4n) is 1.81. The lowest BCUT2D eigenvalue weighted by molar-refractivity contribution is -0.119. The number of ketones is 1. The highest BCUT2D eigenvalue weighted by molar-refractivity contribution is 6.30. The highest BCUT2D eigenvalue weighted by atomic mass is 35.5. The summed E-state index contributed by atoms with van der Waals surface area (Å²) in [6, 6.07) is 12.2. The number of halogens is 1. The first-order valence-electron chi connectivity index (χ1n) is 5.94. The molecule has 0 saturated heterocycles. The second kappa shape index (κ2) is 5.86. The van der Waals surface area contributed by atoms with Crippen LogP contribution in [0, 0.1) is 0 Å². The van der Waals surface area contributed by atoms with Crippen LogP contribution in [0.3, 0.4) is 0 Å². The highest BCUT2D eigenvalue weighted by Gasteiger charge is 2.15. The Labute approximate surface area is 121 Å². The first kappa shape index (κ1) is 14.2. The molecule has 2 rings (SSSR count). The Hall–Kier alpha value is -2.17. The molecule has 1 unspecified atom stereocenters. The quantitative estimate of drug-likeness (QED) is 0.844. The van der Waals surface area contributed by atoms with Gasteiger partial charge in [-0.3, -0.25) is 9.59 Å². The molecule has 5 heteroatoms. The van der Waals surface area contributed by atoms with Gasteiger partial charge in [0.05, 0.1) is 0 Å². The van der Waals surface area contributed by atoms with Gasteiger partial charge in [0, 0.05) is 16.1 Å². The molecule has 0 spiro atoms. The molecule has 1 atom stereocenters. The van der Waals surface area contributed by atoms with Gasteiger partial charge >= 0.3 is 0 Å². The van der Waals surface area contributed by atoms with Gasteiger partial charge in [0.15, 0.2) is 5.78 Å².